The molecule has 1 aromatic carbocycles. The number of anilines is 1. The highest BCUT2D eigenvalue weighted by Crippen LogP contribution is 2.26. The standard InChI is InChI=1S/C16H25N3/c1-14-5-4-6-15-13-17-7-10-19(16(14)15)12-11-18-8-2-3-9-18/h4-6,17H,2-3,7-13H2,1H3. The molecule has 1 N–H and O–H groups in total. The zero-order valence-corrected chi connectivity index (χ0v) is 12.0. The molecule has 1 aromatic rings. The van der Waals surface area contributed by atoms with Crippen LogP contribution in [0.25, 0.3) is 0 Å². The normalized spacial score (nSPS) is 20.4. The molecule has 0 aromatic heterocycles. The molecule has 0 aliphatic carbocycles. The molecule has 0 spiro atoms. The third-order valence-corrected chi connectivity index (χ3v) is 4.40. The minimum Gasteiger partial charge on any atom is -0.368 e. The molecular weight excluding hydrogens is 234 g/mol. The molecule has 0 radical (unpaired) electrons. The van der Waals surface area contributed by atoms with Crippen molar-refractivity contribution in [1.82, 2.24) is 10.2 Å². The molecule has 104 valence electrons. The summed E-state index contributed by atoms with van der Waals surface area (Å²) in [6.07, 6.45) is 2.77. The summed E-state index contributed by atoms with van der Waals surface area (Å²) in [5.41, 5.74) is 4.35. The zero-order chi connectivity index (χ0) is 13.1. The Labute approximate surface area is 116 Å². The first-order chi connectivity index (χ1) is 9.34. The second-order valence-electron chi connectivity index (χ2n) is 5.80. The molecule has 3 rings (SSSR count). The Kier molecular flexibility index (Phi) is 4.04. The average molecular weight is 259 g/mol. The first kappa shape index (κ1) is 12.9. The molecule has 1 saturated heterocycles. The third-order valence-electron chi connectivity index (χ3n) is 4.40. The third kappa shape index (κ3) is 2.93. The summed E-state index contributed by atoms with van der Waals surface area (Å²) >= 11 is 0. The van der Waals surface area contributed by atoms with Gasteiger partial charge in [-0.1, -0.05) is 18.2 Å². The number of fused-ring (bicyclic) bond motifs is 1. The number of hydrogen-bond donors (Lipinski definition) is 1. The van der Waals surface area contributed by atoms with Crippen molar-refractivity contribution in [3.63, 3.8) is 0 Å². The molecule has 2 aliphatic heterocycles. The van der Waals surface area contributed by atoms with Gasteiger partial charge in [-0.25, -0.2) is 0 Å². The highest BCUT2D eigenvalue weighted by Gasteiger charge is 2.18. The van der Waals surface area contributed by atoms with Crippen molar-refractivity contribution in [2.24, 2.45) is 0 Å². The number of hydrogen-bond acceptors (Lipinski definition) is 3. The number of nitrogens with zero attached hydrogens (tertiary/aromatic N) is 2. The van der Waals surface area contributed by atoms with Crippen molar-refractivity contribution in [1.29, 1.82) is 0 Å². The van der Waals surface area contributed by atoms with Gasteiger partial charge in [-0.3, -0.25) is 0 Å². The lowest BCUT2D eigenvalue weighted by Gasteiger charge is -2.28. The molecule has 2 heterocycles. The van der Waals surface area contributed by atoms with Crippen molar-refractivity contribution in [2.75, 3.05) is 44.2 Å². The van der Waals surface area contributed by atoms with E-state index in [0.717, 1.165) is 19.6 Å². The Morgan fingerprint density at radius 1 is 1.11 bits per heavy atom. The van der Waals surface area contributed by atoms with Gasteiger partial charge in [-0.2, -0.15) is 0 Å². The molecule has 0 bridgehead atoms. The highest BCUT2D eigenvalue weighted by atomic mass is 15.2. The lowest BCUT2D eigenvalue weighted by atomic mass is 10.1. The molecule has 1 fully saturated rings. The van der Waals surface area contributed by atoms with E-state index in [4.69, 9.17) is 0 Å². The van der Waals surface area contributed by atoms with E-state index in [1.807, 2.05) is 0 Å². The van der Waals surface area contributed by atoms with Crippen LogP contribution in [0.5, 0.6) is 0 Å². The van der Waals surface area contributed by atoms with E-state index < -0.39 is 0 Å². The summed E-state index contributed by atoms with van der Waals surface area (Å²) in [4.78, 5) is 5.19. The Balaban J connectivity index is 1.73. The van der Waals surface area contributed by atoms with E-state index in [0.29, 0.717) is 0 Å². The van der Waals surface area contributed by atoms with Gasteiger partial charge in [0.1, 0.15) is 0 Å². The largest absolute Gasteiger partial charge is 0.368 e. The maximum absolute atomic E-state index is 3.53. The number of nitrogens with one attached hydrogen (secondary N) is 1. The van der Waals surface area contributed by atoms with E-state index in [1.54, 1.807) is 0 Å². The maximum Gasteiger partial charge on any atom is 0.0442 e. The second-order valence-corrected chi connectivity index (χ2v) is 5.80. The van der Waals surface area contributed by atoms with E-state index in [1.165, 1.54) is 55.8 Å². The fourth-order valence-corrected chi connectivity index (χ4v) is 3.36. The Morgan fingerprint density at radius 3 is 2.79 bits per heavy atom. The molecule has 3 heteroatoms. The fourth-order valence-electron chi connectivity index (χ4n) is 3.36. The molecule has 3 nitrogen and oxygen atoms in total. The van der Waals surface area contributed by atoms with Crippen LogP contribution < -0.4 is 10.2 Å². The van der Waals surface area contributed by atoms with Gasteiger partial charge in [0.15, 0.2) is 0 Å². The van der Waals surface area contributed by atoms with Crippen LogP contribution in [0, 0.1) is 6.92 Å². The minimum atomic E-state index is 1.01. The topological polar surface area (TPSA) is 18.5 Å². The van der Waals surface area contributed by atoms with Gasteiger partial charge in [0.05, 0.1) is 0 Å². The summed E-state index contributed by atoms with van der Waals surface area (Å²) in [6.45, 7) is 10.5. The SMILES string of the molecule is Cc1cccc2c1N(CCN1CCCC1)CCNC2. The molecule has 2 aliphatic rings. The first-order valence-electron chi connectivity index (χ1n) is 7.61. The predicted molar refractivity (Wildman–Crippen MR) is 80.8 cm³/mol. The number of benzene rings is 1. The lowest BCUT2D eigenvalue weighted by molar-refractivity contribution is 0.344. The van der Waals surface area contributed by atoms with Crippen LogP contribution in [0.1, 0.15) is 24.0 Å². The van der Waals surface area contributed by atoms with E-state index in [2.05, 4.69) is 40.2 Å². The number of likely N-dealkylation sites (tertiary alicyclic amines) is 1. The van der Waals surface area contributed by atoms with Gasteiger partial charge in [0.25, 0.3) is 0 Å². The summed E-state index contributed by atoms with van der Waals surface area (Å²) in [5.74, 6) is 0. The Morgan fingerprint density at radius 2 is 1.95 bits per heavy atom. The molecule has 0 unspecified atom stereocenters. The maximum atomic E-state index is 3.53. The van der Waals surface area contributed by atoms with Crippen molar-refractivity contribution in [2.45, 2.75) is 26.3 Å². The molecule has 19 heavy (non-hydrogen) atoms. The number of para-hydroxylation sites is 1. The lowest BCUT2D eigenvalue weighted by Crippen LogP contribution is -2.36. The predicted octanol–water partition coefficient (Wildman–Crippen LogP) is 2.00. The van der Waals surface area contributed by atoms with Gasteiger partial charge in [0.2, 0.25) is 0 Å². The van der Waals surface area contributed by atoms with E-state index >= 15 is 0 Å². The van der Waals surface area contributed by atoms with Gasteiger partial charge in [0, 0.05) is 38.4 Å². The first-order valence-corrected chi connectivity index (χ1v) is 7.61. The van der Waals surface area contributed by atoms with Crippen LogP contribution in [-0.4, -0.2) is 44.2 Å². The van der Waals surface area contributed by atoms with Crippen LogP contribution in [0.3, 0.4) is 0 Å². The van der Waals surface area contributed by atoms with Crippen molar-refractivity contribution in [3.8, 4) is 0 Å². The smallest absolute Gasteiger partial charge is 0.0442 e. The van der Waals surface area contributed by atoms with Crippen LogP contribution in [0.2, 0.25) is 0 Å². The highest BCUT2D eigenvalue weighted by molar-refractivity contribution is 5.60. The van der Waals surface area contributed by atoms with Crippen LogP contribution >= 0.6 is 0 Å². The monoisotopic (exact) mass is 259 g/mol. The van der Waals surface area contributed by atoms with E-state index in [-0.39, 0.29) is 0 Å². The van der Waals surface area contributed by atoms with Crippen LogP contribution in [0.15, 0.2) is 18.2 Å². The average Bonchev–Trinajstić information content (AvgIpc) is 2.84. The second kappa shape index (κ2) is 5.93. The zero-order valence-electron chi connectivity index (χ0n) is 12.0. The van der Waals surface area contributed by atoms with E-state index in [9.17, 15) is 0 Å². The molecular formula is C16H25N3. The van der Waals surface area contributed by atoms with Crippen molar-refractivity contribution >= 4 is 5.69 Å². The summed E-state index contributed by atoms with van der Waals surface area (Å²) < 4.78 is 0. The van der Waals surface area contributed by atoms with Crippen LogP contribution in [0.4, 0.5) is 5.69 Å². The molecule has 0 saturated carbocycles. The van der Waals surface area contributed by atoms with Gasteiger partial charge >= 0.3 is 0 Å². The molecule has 0 amide bonds. The number of aryl methyl sites for hydroxylation is 1. The van der Waals surface area contributed by atoms with Crippen LogP contribution in [-0.2, 0) is 6.54 Å². The Hall–Kier alpha value is -1.06. The molecule has 0 atom stereocenters. The minimum absolute atomic E-state index is 1.01. The van der Waals surface area contributed by atoms with Crippen molar-refractivity contribution < 1.29 is 0 Å². The van der Waals surface area contributed by atoms with Crippen molar-refractivity contribution in [3.05, 3.63) is 29.3 Å². The quantitative estimate of drug-likeness (QED) is 0.896. The van der Waals surface area contributed by atoms with Gasteiger partial charge in [-0.05, 0) is 44.0 Å². The Bertz CT molecular complexity index is 424. The van der Waals surface area contributed by atoms with Gasteiger partial charge in [-0.15, -0.1) is 0 Å². The summed E-state index contributed by atoms with van der Waals surface area (Å²) in [6, 6.07) is 6.69. The fraction of sp³-hybridized carbons (Fsp3) is 0.625. The summed E-state index contributed by atoms with van der Waals surface area (Å²) in [5, 5.41) is 3.53. The number of rotatable bonds is 3. The van der Waals surface area contributed by atoms with Gasteiger partial charge < -0.3 is 15.1 Å². The summed E-state index contributed by atoms with van der Waals surface area (Å²) in [7, 11) is 0.